The second-order valence-corrected chi connectivity index (χ2v) is 6.07. The average molecular weight is 319 g/mol. The summed E-state index contributed by atoms with van der Waals surface area (Å²) in [4.78, 5) is 16.6. The lowest BCUT2D eigenvalue weighted by Crippen LogP contribution is -2.37. The van der Waals surface area contributed by atoms with Gasteiger partial charge in [-0.2, -0.15) is 0 Å². The number of aliphatic hydroxyl groups excluding tert-OH is 1. The van der Waals surface area contributed by atoms with Crippen LogP contribution in [0, 0.1) is 6.92 Å². The molecule has 2 aromatic heterocycles. The van der Waals surface area contributed by atoms with Crippen molar-refractivity contribution in [2.24, 2.45) is 0 Å². The van der Waals surface area contributed by atoms with Crippen molar-refractivity contribution in [2.45, 2.75) is 25.6 Å². The van der Waals surface area contributed by atoms with Crippen molar-refractivity contribution < 1.29 is 14.3 Å². The highest BCUT2D eigenvalue weighted by molar-refractivity contribution is 5.93. The van der Waals surface area contributed by atoms with E-state index in [9.17, 15) is 4.79 Å². The van der Waals surface area contributed by atoms with Crippen molar-refractivity contribution in [2.75, 3.05) is 27.2 Å². The Morgan fingerprint density at radius 3 is 2.83 bits per heavy atom. The molecule has 8 heteroatoms. The first-order chi connectivity index (χ1) is 11.0. The monoisotopic (exact) mass is 319 g/mol. The molecule has 2 atom stereocenters. The van der Waals surface area contributed by atoms with Crippen molar-refractivity contribution in [3.8, 4) is 0 Å². The number of hydrogen-bond donors (Lipinski definition) is 1. The Morgan fingerprint density at radius 1 is 1.48 bits per heavy atom. The van der Waals surface area contributed by atoms with E-state index in [1.807, 2.05) is 27.2 Å². The number of carbonyl (C=O) groups is 1. The molecule has 0 bridgehead atoms. The lowest BCUT2D eigenvalue weighted by molar-refractivity contribution is 0.0743. The van der Waals surface area contributed by atoms with Crippen molar-refractivity contribution >= 4 is 5.91 Å². The SMILES string of the molecule is Cc1cc(CO)oc1C(=O)N1C[C@@H](N(C)C)[C@@H](n2ccnn2)C1. The predicted octanol–water partition coefficient (Wildman–Crippen LogP) is 0.299. The van der Waals surface area contributed by atoms with Crippen LogP contribution in [0.1, 0.15) is 27.9 Å². The van der Waals surface area contributed by atoms with E-state index in [2.05, 4.69) is 15.2 Å². The van der Waals surface area contributed by atoms with Crippen molar-refractivity contribution in [1.82, 2.24) is 24.8 Å². The van der Waals surface area contributed by atoms with Gasteiger partial charge in [-0.05, 0) is 27.1 Å². The van der Waals surface area contributed by atoms with E-state index in [-0.39, 0.29) is 24.6 Å². The van der Waals surface area contributed by atoms with E-state index in [0.717, 1.165) is 5.56 Å². The molecular formula is C15H21N5O3. The normalized spacial score (nSPS) is 21.3. The van der Waals surface area contributed by atoms with Gasteiger partial charge >= 0.3 is 0 Å². The van der Waals surface area contributed by atoms with Crippen LogP contribution in [0.25, 0.3) is 0 Å². The van der Waals surface area contributed by atoms with Crippen LogP contribution in [-0.2, 0) is 6.61 Å². The predicted molar refractivity (Wildman–Crippen MR) is 81.8 cm³/mol. The molecule has 1 N–H and O–H groups in total. The Bertz CT molecular complexity index is 679. The number of hydrogen-bond acceptors (Lipinski definition) is 6. The zero-order valence-electron chi connectivity index (χ0n) is 13.5. The van der Waals surface area contributed by atoms with E-state index < -0.39 is 0 Å². The number of nitrogens with zero attached hydrogens (tertiary/aromatic N) is 5. The van der Waals surface area contributed by atoms with Gasteiger partial charge in [-0.25, -0.2) is 4.68 Å². The van der Waals surface area contributed by atoms with Crippen molar-refractivity contribution in [1.29, 1.82) is 0 Å². The fraction of sp³-hybridized carbons (Fsp3) is 0.533. The number of carbonyl (C=O) groups excluding carboxylic acids is 1. The fourth-order valence-electron chi connectivity index (χ4n) is 3.08. The number of likely N-dealkylation sites (tertiary alicyclic amines) is 1. The third-order valence-electron chi connectivity index (χ3n) is 4.31. The summed E-state index contributed by atoms with van der Waals surface area (Å²) in [6, 6.07) is 1.89. The minimum Gasteiger partial charge on any atom is -0.453 e. The van der Waals surface area contributed by atoms with Crippen LogP contribution in [-0.4, -0.2) is 69.0 Å². The van der Waals surface area contributed by atoms with Crippen molar-refractivity contribution in [3.63, 3.8) is 0 Å². The van der Waals surface area contributed by atoms with Gasteiger partial charge in [0, 0.05) is 24.8 Å². The molecule has 2 aromatic rings. The molecule has 1 aliphatic rings. The average Bonchev–Trinajstić information content (AvgIpc) is 3.24. The maximum atomic E-state index is 12.8. The smallest absolute Gasteiger partial charge is 0.289 e. The van der Waals surface area contributed by atoms with E-state index in [1.165, 1.54) is 0 Å². The van der Waals surface area contributed by atoms with Gasteiger partial charge in [0.1, 0.15) is 12.4 Å². The van der Waals surface area contributed by atoms with Crippen LogP contribution in [0.2, 0.25) is 0 Å². The number of amides is 1. The molecule has 0 radical (unpaired) electrons. The Hall–Kier alpha value is -2.19. The summed E-state index contributed by atoms with van der Waals surface area (Å²) in [5.41, 5.74) is 0.740. The highest BCUT2D eigenvalue weighted by Gasteiger charge is 2.39. The summed E-state index contributed by atoms with van der Waals surface area (Å²) in [6.45, 7) is 2.73. The molecule has 0 saturated carbocycles. The van der Waals surface area contributed by atoms with Gasteiger partial charge in [0.15, 0.2) is 5.76 Å². The third kappa shape index (κ3) is 2.87. The third-order valence-corrected chi connectivity index (χ3v) is 4.31. The van der Waals surface area contributed by atoms with Crippen molar-refractivity contribution in [3.05, 3.63) is 35.5 Å². The topological polar surface area (TPSA) is 87.6 Å². The molecule has 0 spiro atoms. The lowest BCUT2D eigenvalue weighted by atomic mass is 10.1. The maximum absolute atomic E-state index is 12.8. The van der Waals surface area contributed by atoms with E-state index in [1.54, 1.807) is 21.8 Å². The van der Waals surface area contributed by atoms with Gasteiger partial charge in [0.2, 0.25) is 0 Å². The fourth-order valence-corrected chi connectivity index (χ4v) is 3.08. The van der Waals surface area contributed by atoms with Gasteiger partial charge in [-0.3, -0.25) is 4.79 Å². The molecule has 1 amide bonds. The van der Waals surface area contributed by atoms with Gasteiger partial charge < -0.3 is 19.3 Å². The number of likely N-dealkylation sites (N-methyl/N-ethyl adjacent to an activating group) is 1. The summed E-state index contributed by atoms with van der Waals surface area (Å²) < 4.78 is 7.27. The molecule has 1 aliphatic heterocycles. The minimum absolute atomic E-state index is 0.0454. The number of aryl methyl sites for hydroxylation is 1. The van der Waals surface area contributed by atoms with Crippen LogP contribution < -0.4 is 0 Å². The van der Waals surface area contributed by atoms with Gasteiger partial charge in [-0.1, -0.05) is 5.21 Å². The summed E-state index contributed by atoms with van der Waals surface area (Å²) in [5, 5.41) is 17.1. The van der Waals surface area contributed by atoms with Gasteiger partial charge in [0.05, 0.1) is 18.3 Å². The molecule has 3 heterocycles. The molecule has 3 rings (SSSR count). The van der Waals surface area contributed by atoms with Crippen LogP contribution in [0.3, 0.4) is 0 Å². The van der Waals surface area contributed by atoms with Gasteiger partial charge in [-0.15, -0.1) is 5.10 Å². The van der Waals surface area contributed by atoms with E-state index >= 15 is 0 Å². The standard InChI is InChI=1S/C15H21N5O3/c1-10-6-11(9-21)23-14(10)15(22)19-7-12(18(2)3)13(8-19)20-5-4-16-17-20/h4-6,12-13,21H,7-9H2,1-3H3/t12-,13+/m1/s1. The molecule has 0 aliphatic carbocycles. The minimum atomic E-state index is -0.212. The number of aromatic nitrogens is 3. The molecule has 1 fully saturated rings. The Morgan fingerprint density at radius 2 is 2.26 bits per heavy atom. The second kappa shape index (κ2) is 6.13. The summed E-state index contributed by atoms with van der Waals surface area (Å²) >= 11 is 0. The van der Waals surface area contributed by atoms with E-state index in [0.29, 0.717) is 24.6 Å². The first kappa shape index (κ1) is 15.7. The molecule has 124 valence electrons. The Balaban J connectivity index is 1.83. The first-order valence-electron chi connectivity index (χ1n) is 7.53. The zero-order valence-corrected chi connectivity index (χ0v) is 13.5. The van der Waals surface area contributed by atoms with Crippen LogP contribution in [0.15, 0.2) is 22.9 Å². The molecule has 23 heavy (non-hydrogen) atoms. The Kier molecular flexibility index (Phi) is 4.18. The Labute approximate surface area is 134 Å². The number of aliphatic hydroxyl groups is 1. The number of furan rings is 1. The number of rotatable bonds is 4. The summed E-state index contributed by atoms with van der Waals surface area (Å²) in [5.74, 6) is 0.546. The maximum Gasteiger partial charge on any atom is 0.289 e. The molecule has 1 saturated heterocycles. The summed E-state index contributed by atoms with van der Waals surface area (Å²) in [7, 11) is 3.98. The highest BCUT2D eigenvalue weighted by atomic mass is 16.4. The molecule has 8 nitrogen and oxygen atoms in total. The zero-order chi connectivity index (χ0) is 16.6. The van der Waals surface area contributed by atoms with Gasteiger partial charge in [0.25, 0.3) is 5.91 Å². The van der Waals surface area contributed by atoms with Crippen LogP contribution in [0.4, 0.5) is 0 Å². The quantitative estimate of drug-likeness (QED) is 0.872. The largest absolute Gasteiger partial charge is 0.453 e. The van der Waals surface area contributed by atoms with E-state index in [4.69, 9.17) is 9.52 Å². The second-order valence-electron chi connectivity index (χ2n) is 6.07. The molecule has 0 aromatic carbocycles. The highest BCUT2D eigenvalue weighted by Crippen LogP contribution is 2.27. The van der Waals surface area contributed by atoms with Crippen LogP contribution >= 0.6 is 0 Å². The molecular weight excluding hydrogens is 298 g/mol. The summed E-state index contributed by atoms with van der Waals surface area (Å²) in [6.07, 6.45) is 3.46. The molecule has 0 unspecified atom stereocenters. The lowest BCUT2D eigenvalue weighted by Gasteiger charge is -2.24. The first-order valence-corrected chi connectivity index (χ1v) is 7.53. The van der Waals surface area contributed by atoms with Crippen LogP contribution in [0.5, 0.6) is 0 Å².